The number of amides is 1. The van der Waals surface area contributed by atoms with Crippen LogP contribution in [0.1, 0.15) is 16.7 Å². The normalized spacial score (nSPS) is 11.4. The van der Waals surface area contributed by atoms with Gasteiger partial charge < -0.3 is 4.74 Å². The summed E-state index contributed by atoms with van der Waals surface area (Å²) in [7, 11) is -2.52. The van der Waals surface area contributed by atoms with Crippen LogP contribution in [0.5, 0.6) is 5.75 Å². The van der Waals surface area contributed by atoms with Gasteiger partial charge in [0, 0.05) is 10.6 Å². The SMILES string of the molecule is COc1ccccc1/C=N\NC(=O)CN(c1cccc(Cl)c1C)S(=O)(=O)c1ccc(C)cc1. The lowest BCUT2D eigenvalue weighted by Gasteiger charge is -2.25. The van der Waals surface area contributed by atoms with Crippen molar-refractivity contribution in [1.29, 1.82) is 0 Å². The van der Waals surface area contributed by atoms with Gasteiger partial charge in [0.15, 0.2) is 0 Å². The number of halogens is 1. The molecule has 0 aliphatic carbocycles. The minimum Gasteiger partial charge on any atom is -0.496 e. The van der Waals surface area contributed by atoms with Gasteiger partial charge in [-0.1, -0.05) is 47.5 Å². The molecule has 0 saturated carbocycles. The molecule has 0 radical (unpaired) electrons. The third-order valence-electron chi connectivity index (χ3n) is 4.94. The van der Waals surface area contributed by atoms with Gasteiger partial charge in [-0.2, -0.15) is 5.10 Å². The molecular weight excluding hydrogens is 462 g/mol. The average Bonchev–Trinajstić information content (AvgIpc) is 2.80. The predicted molar refractivity (Wildman–Crippen MR) is 131 cm³/mol. The van der Waals surface area contributed by atoms with Crippen molar-refractivity contribution in [2.45, 2.75) is 18.7 Å². The van der Waals surface area contributed by atoms with Gasteiger partial charge in [-0.25, -0.2) is 13.8 Å². The molecule has 172 valence electrons. The Bertz CT molecular complexity index is 1280. The third kappa shape index (κ3) is 5.71. The van der Waals surface area contributed by atoms with E-state index in [2.05, 4.69) is 10.5 Å². The molecule has 0 fully saturated rings. The number of aryl methyl sites for hydroxylation is 1. The lowest BCUT2D eigenvalue weighted by atomic mass is 10.2. The Morgan fingerprint density at radius 3 is 2.45 bits per heavy atom. The second-order valence-corrected chi connectivity index (χ2v) is 9.51. The van der Waals surface area contributed by atoms with Crippen molar-refractivity contribution in [2.75, 3.05) is 18.0 Å². The second kappa shape index (κ2) is 10.5. The van der Waals surface area contributed by atoms with E-state index in [0.29, 0.717) is 27.6 Å². The minimum atomic E-state index is -4.05. The summed E-state index contributed by atoms with van der Waals surface area (Å²) in [5.41, 5.74) is 4.82. The molecule has 33 heavy (non-hydrogen) atoms. The maximum atomic E-state index is 13.5. The summed E-state index contributed by atoms with van der Waals surface area (Å²) in [6, 6.07) is 18.5. The molecule has 0 atom stereocenters. The molecular formula is C24H24ClN3O4S. The number of nitrogens with one attached hydrogen (secondary N) is 1. The zero-order valence-corrected chi connectivity index (χ0v) is 20.0. The van der Waals surface area contributed by atoms with Crippen molar-refractivity contribution in [3.05, 3.63) is 88.4 Å². The fourth-order valence-corrected chi connectivity index (χ4v) is 4.76. The summed E-state index contributed by atoms with van der Waals surface area (Å²) in [6.07, 6.45) is 1.43. The number of hydrazone groups is 1. The van der Waals surface area contributed by atoms with Gasteiger partial charge in [-0.3, -0.25) is 9.10 Å². The van der Waals surface area contributed by atoms with E-state index in [4.69, 9.17) is 16.3 Å². The van der Waals surface area contributed by atoms with E-state index < -0.39 is 22.5 Å². The first-order chi connectivity index (χ1) is 15.7. The van der Waals surface area contributed by atoms with Gasteiger partial charge in [-0.05, 0) is 55.8 Å². The van der Waals surface area contributed by atoms with Gasteiger partial charge in [0.2, 0.25) is 0 Å². The van der Waals surface area contributed by atoms with Crippen molar-refractivity contribution >= 4 is 39.4 Å². The average molecular weight is 486 g/mol. The molecule has 9 heteroatoms. The highest BCUT2D eigenvalue weighted by Gasteiger charge is 2.28. The Labute approximate surface area is 198 Å². The zero-order valence-electron chi connectivity index (χ0n) is 18.4. The fourth-order valence-electron chi connectivity index (χ4n) is 3.12. The molecule has 1 N–H and O–H groups in total. The smallest absolute Gasteiger partial charge is 0.264 e. The number of ether oxygens (including phenoxy) is 1. The van der Waals surface area contributed by atoms with E-state index in [1.54, 1.807) is 49.4 Å². The molecule has 7 nitrogen and oxygen atoms in total. The van der Waals surface area contributed by atoms with Crippen LogP contribution in [0.4, 0.5) is 5.69 Å². The van der Waals surface area contributed by atoms with Gasteiger partial charge >= 0.3 is 0 Å². The molecule has 0 aromatic heterocycles. The highest BCUT2D eigenvalue weighted by atomic mass is 35.5. The highest BCUT2D eigenvalue weighted by Crippen LogP contribution is 2.30. The van der Waals surface area contributed by atoms with Crippen molar-refractivity contribution in [3.63, 3.8) is 0 Å². The molecule has 0 saturated heterocycles. The zero-order chi connectivity index (χ0) is 24.0. The fraction of sp³-hybridized carbons (Fsp3) is 0.167. The standard InChI is InChI=1S/C24H24ClN3O4S/c1-17-11-13-20(14-12-17)33(30,31)28(22-9-6-8-21(25)18(22)2)16-24(29)27-26-15-19-7-4-5-10-23(19)32-3/h4-15H,16H2,1-3H3,(H,27,29)/b26-15-. The molecule has 3 aromatic rings. The largest absolute Gasteiger partial charge is 0.496 e. The van der Waals surface area contributed by atoms with E-state index in [1.807, 2.05) is 19.1 Å². The van der Waals surface area contributed by atoms with E-state index in [9.17, 15) is 13.2 Å². The van der Waals surface area contributed by atoms with Gasteiger partial charge in [0.05, 0.1) is 23.9 Å². The molecule has 0 heterocycles. The quantitative estimate of drug-likeness (QED) is 0.380. The van der Waals surface area contributed by atoms with Crippen molar-refractivity contribution in [1.82, 2.24) is 5.43 Å². The number of hydrogen-bond donors (Lipinski definition) is 1. The molecule has 0 bridgehead atoms. The molecule has 0 aliphatic heterocycles. The first-order valence-corrected chi connectivity index (χ1v) is 11.9. The maximum absolute atomic E-state index is 13.5. The van der Waals surface area contributed by atoms with Crippen LogP contribution in [0.3, 0.4) is 0 Å². The molecule has 0 aliphatic rings. The highest BCUT2D eigenvalue weighted by molar-refractivity contribution is 7.92. The Morgan fingerprint density at radius 1 is 1.06 bits per heavy atom. The lowest BCUT2D eigenvalue weighted by molar-refractivity contribution is -0.119. The predicted octanol–water partition coefficient (Wildman–Crippen LogP) is 4.31. The topological polar surface area (TPSA) is 88.1 Å². The first-order valence-electron chi connectivity index (χ1n) is 10.0. The first kappa shape index (κ1) is 24.3. The summed E-state index contributed by atoms with van der Waals surface area (Å²) in [6.45, 7) is 3.08. The number of methoxy groups -OCH3 is 1. The number of hydrogen-bond acceptors (Lipinski definition) is 5. The maximum Gasteiger partial charge on any atom is 0.264 e. The van der Waals surface area contributed by atoms with Crippen LogP contribution in [-0.2, 0) is 14.8 Å². The number of anilines is 1. The molecule has 3 rings (SSSR count). The Kier molecular flexibility index (Phi) is 7.73. The van der Waals surface area contributed by atoms with Gasteiger partial charge in [0.25, 0.3) is 15.9 Å². The summed E-state index contributed by atoms with van der Waals surface area (Å²) < 4.78 is 33.2. The number of rotatable bonds is 8. The number of sulfonamides is 1. The van der Waals surface area contributed by atoms with E-state index in [1.165, 1.54) is 25.5 Å². The number of benzene rings is 3. The van der Waals surface area contributed by atoms with Gasteiger partial charge in [-0.15, -0.1) is 0 Å². The molecule has 3 aromatic carbocycles. The Morgan fingerprint density at radius 2 is 1.76 bits per heavy atom. The van der Waals surface area contributed by atoms with Crippen LogP contribution in [0.2, 0.25) is 5.02 Å². The Hall–Kier alpha value is -3.36. The second-order valence-electron chi connectivity index (χ2n) is 7.24. The van der Waals surface area contributed by atoms with Crippen LogP contribution in [0.25, 0.3) is 0 Å². The molecule has 0 unspecified atom stereocenters. The van der Waals surface area contributed by atoms with E-state index >= 15 is 0 Å². The number of carbonyl (C=O) groups excluding carboxylic acids is 1. The van der Waals surface area contributed by atoms with E-state index in [-0.39, 0.29) is 4.90 Å². The van der Waals surface area contributed by atoms with Crippen LogP contribution >= 0.6 is 11.6 Å². The van der Waals surface area contributed by atoms with Crippen LogP contribution < -0.4 is 14.5 Å². The van der Waals surface area contributed by atoms with Crippen molar-refractivity contribution < 1.29 is 17.9 Å². The van der Waals surface area contributed by atoms with Crippen molar-refractivity contribution in [3.8, 4) is 5.75 Å². The summed E-state index contributed by atoms with van der Waals surface area (Å²) in [4.78, 5) is 12.8. The molecule has 0 spiro atoms. The van der Waals surface area contributed by atoms with Gasteiger partial charge in [0.1, 0.15) is 12.3 Å². The summed E-state index contributed by atoms with van der Waals surface area (Å²) >= 11 is 6.23. The van der Waals surface area contributed by atoms with Crippen LogP contribution in [0.15, 0.2) is 76.7 Å². The minimum absolute atomic E-state index is 0.0674. The Balaban J connectivity index is 1.90. The van der Waals surface area contributed by atoms with Crippen molar-refractivity contribution in [2.24, 2.45) is 5.10 Å². The van der Waals surface area contributed by atoms with Crippen LogP contribution in [-0.4, -0.2) is 34.2 Å². The number of carbonyl (C=O) groups is 1. The summed E-state index contributed by atoms with van der Waals surface area (Å²) in [5, 5.41) is 4.35. The summed E-state index contributed by atoms with van der Waals surface area (Å²) in [5.74, 6) is -0.0233. The van der Waals surface area contributed by atoms with E-state index in [0.717, 1.165) is 9.87 Å². The molecule has 1 amide bonds. The monoisotopic (exact) mass is 485 g/mol. The van der Waals surface area contributed by atoms with Crippen LogP contribution in [0, 0.1) is 13.8 Å². The number of nitrogens with zero attached hydrogens (tertiary/aromatic N) is 2. The lowest BCUT2D eigenvalue weighted by Crippen LogP contribution is -2.40. The third-order valence-corrected chi connectivity index (χ3v) is 7.12. The number of para-hydroxylation sites is 1.